The number of carbonyl (C=O) groups is 1. The van der Waals surface area contributed by atoms with E-state index in [-0.39, 0.29) is 17.3 Å². The summed E-state index contributed by atoms with van der Waals surface area (Å²) in [4.78, 5) is 21.8. The van der Waals surface area contributed by atoms with Crippen LogP contribution in [0.5, 0.6) is 5.75 Å². The molecule has 21 heavy (non-hydrogen) atoms. The number of hydrazine groups is 1. The number of benzene rings is 2. The fraction of sp³-hybridized carbons (Fsp3) is 0.0714. The Morgan fingerprint density at radius 1 is 1.10 bits per heavy atom. The number of nitro benzene ring substituents is 1. The minimum Gasteiger partial charge on any atom is -0.508 e. The fourth-order valence-electron chi connectivity index (χ4n) is 1.65. The van der Waals surface area contributed by atoms with Crippen molar-refractivity contribution in [3.8, 4) is 5.75 Å². The minimum absolute atomic E-state index is 0.0203. The number of non-ortho nitro benzene ring substituents is 1. The molecule has 0 spiro atoms. The van der Waals surface area contributed by atoms with Crippen LogP contribution in [0, 0.1) is 10.1 Å². The molecule has 108 valence electrons. The molecule has 0 fully saturated rings. The van der Waals surface area contributed by atoms with E-state index in [1.165, 1.54) is 36.4 Å². The van der Waals surface area contributed by atoms with E-state index in [1.807, 2.05) is 0 Å². The van der Waals surface area contributed by atoms with Gasteiger partial charge in [0.15, 0.2) is 0 Å². The predicted octanol–water partition coefficient (Wildman–Crippen LogP) is 1.73. The first-order valence-corrected chi connectivity index (χ1v) is 6.12. The van der Waals surface area contributed by atoms with Crippen molar-refractivity contribution in [2.75, 3.05) is 0 Å². The van der Waals surface area contributed by atoms with Crippen molar-refractivity contribution in [2.45, 2.75) is 6.54 Å². The van der Waals surface area contributed by atoms with Gasteiger partial charge in [0.2, 0.25) is 0 Å². The smallest absolute Gasteiger partial charge is 0.269 e. The van der Waals surface area contributed by atoms with Crippen molar-refractivity contribution in [3.63, 3.8) is 0 Å². The first-order chi connectivity index (χ1) is 10.1. The molecule has 0 aliphatic heterocycles. The van der Waals surface area contributed by atoms with Crippen LogP contribution in [0.3, 0.4) is 0 Å². The van der Waals surface area contributed by atoms with Crippen LogP contribution in [0.2, 0.25) is 0 Å². The first-order valence-electron chi connectivity index (χ1n) is 6.12. The molecule has 0 radical (unpaired) electrons. The molecule has 7 nitrogen and oxygen atoms in total. The molecule has 2 aromatic rings. The summed E-state index contributed by atoms with van der Waals surface area (Å²) in [5.74, 6) is -0.248. The van der Waals surface area contributed by atoms with Crippen molar-refractivity contribution >= 4 is 11.6 Å². The van der Waals surface area contributed by atoms with Crippen LogP contribution in [0.15, 0.2) is 48.5 Å². The van der Waals surface area contributed by atoms with E-state index in [4.69, 9.17) is 5.11 Å². The molecular weight excluding hydrogens is 274 g/mol. The lowest BCUT2D eigenvalue weighted by Crippen LogP contribution is -2.36. The number of phenols is 1. The van der Waals surface area contributed by atoms with Crippen molar-refractivity contribution < 1.29 is 14.8 Å². The number of carbonyl (C=O) groups excluding carboxylic acids is 1. The van der Waals surface area contributed by atoms with Crippen LogP contribution < -0.4 is 10.9 Å². The fourth-order valence-corrected chi connectivity index (χ4v) is 1.65. The van der Waals surface area contributed by atoms with E-state index in [0.29, 0.717) is 12.1 Å². The van der Waals surface area contributed by atoms with Crippen molar-refractivity contribution in [3.05, 3.63) is 69.8 Å². The largest absolute Gasteiger partial charge is 0.508 e. The van der Waals surface area contributed by atoms with Crippen molar-refractivity contribution in [1.82, 2.24) is 10.9 Å². The molecule has 0 heterocycles. The number of nitro groups is 1. The van der Waals surface area contributed by atoms with Crippen LogP contribution in [0.1, 0.15) is 15.9 Å². The topological polar surface area (TPSA) is 104 Å². The summed E-state index contributed by atoms with van der Waals surface area (Å²) < 4.78 is 0. The normalized spacial score (nSPS) is 10.1. The zero-order chi connectivity index (χ0) is 15.2. The van der Waals surface area contributed by atoms with Gasteiger partial charge in [-0.2, -0.15) is 0 Å². The molecule has 2 aromatic carbocycles. The van der Waals surface area contributed by atoms with Gasteiger partial charge >= 0.3 is 0 Å². The summed E-state index contributed by atoms with van der Waals surface area (Å²) in [6.45, 7) is 0.335. The van der Waals surface area contributed by atoms with Gasteiger partial charge in [-0.1, -0.05) is 12.1 Å². The van der Waals surface area contributed by atoms with E-state index in [2.05, 4.69) is 10.9 Å². The van der Waals surface area contributed by atoms with Gasteiger partial charge in [0.1, 0.15) is 5.75 Å². The molecule has 0 saturated heterocycles. The Morgan fingerprint density at radius 3 is 2.29 bits per heavy atom. The van der Waals surface area contributed by atoms with Crippen LogP contribution in [0.25, 0.3) is 0 Å². The Balaban J connectivity index is 1.85. The Bertz CT molecular complexity index is 638. The molecule has 7 heteroatoms. The lowest BCUT2D eigenvalue weighted by molar-refractivity contribution is -0.384. The SMILES string of the molecule is O=C(NNCc1ccc([N+](=O)[O-])cc1)c1ccc(O)cc1. The van der Waals surface area contributed by atoms with Crippen LogP contribution in [0.4, 0.5) is 5.69 Å². The Kier molecular flexibility index (Phi) is 4.47. The second-order valence-corrected chi connectivity index (χ2v) is 4.28. The van der Waals surface area contributed by atoms with Gasteiger partial charge in [-0.15, -0.1) is 0 Å². The number of aromatic hydroxyl groups is 1. The molecule has 0 unspecified atom stereocenters. The molecule has 0 saturated carbocycles. The summed E-state index contributed by atoms with van der Waals surface area (Å²) in [6.07, 6.45) is 0. The zero-order valence-electron chi connectivity index (χ0n) is 10.9. The van der Waals surface area contributed by atoms with Gasteiger partial charge < -0.3 is 5.11 Å². The monoisotopic (exact) mass is 287 g/mol. The number of nitrogens with one attached hydrogen (secondary N) is 2. The average molecular weight is 287 g/mol. The molecule has 0 aromatic heterocycles. The highest BCUT2D eigenvalue weighted by Gasteiger charge is 2.06. The lowest BCUT2D eigenvalue weighted by Gasteiger charge is -2.07. The first kappa shape index (κ1) is 14.5. The molecule has 3 N–H and O–H groups in total. The molecule has 0 aliphatic rings. The quantitative estimate of drug-likeness (QED) is 0.574. The third kappa shape index (κ3) is 4.02. The number of amides is 1. The zero-order valence-corrected chi connectivity index (χ0v) is 10.9. The second kappa shape index (κ2) is 6.49. The lowest BCUT2D eigenvalue weighted by atomic mass is 10.2. The van der Waals surface area contributed by atoms with Crippen LogP contribution in [-0.2, 0) is 6.54 Å². The number of nitrogens with zero attached hydrogens (tertiary/aromatic N) is 1. The summed E-state index contributed by atoms with van der Waals surface area (Å²) >= 11 is 0. The van der Waals surface area contributed by atoms with E-state index in [0.717, 1.165) is 5.56 Å². The van der Waals surface area contributed by atoms with Crippen molar-refractivity contribution in [1.29, 1.82) is 0 Å². The average Bonchev–Trinajstić information content (AvgIpc) is 2.48. The van der Waals surface area contributed by atoms with Gasteiger partial charge in [-0.3, -0.25) is 20.3 Å². The summed E-state index contributed by atoms with van der Waals surface area (Å²) in [7, 11) is 0. The maximum Gasteiger partial charge on any atom is 0.269 e. The number of hydrogen-bond donors (Lipinski definition) is 3. The van der Waals surface area contributed by atoms with Crippen LogP contribution in [-0.4, -0.2) is 15.9 Å². The highest BCUT2D eigenvalue weighted by molar-refractivity contribution is 5.93. The van der Waals surface area contributed by atoms with Crippen LogP contribution >= 0.6 is 0 Å². The Labute approximate surface area is 120 Å². The van der Waals surface area contributed by atoms with Gasteiger partial charge in [-0.25, -0.2) is 5.43 Å². The molecule has 0 bridgehead atoms. The predicted molar refractivity (Wildman–Crippen MR) is 75.5 cm³/mol. The van der Waals surface area contributed by atoms with Gasteiger partial charge in [0.25, 0.3) is 11.6 Å². The van der Waals surface area contributed by atoms with E-state index in [1.54, 1.807) is 12.1 Å². The molecular formula is C14H13N3O4. The molecule has 0 atom stereocenters. The van der Waals surface area contributed by atoms with E-state index in [9.17, 15) is 14.9 Å². The van der Waals surface area contributed by atoms with Crippen molar-refractivity contribution in [2.24, 2.45) is 0 Å². The molecule has 1 amide bonds. The van der Waals surface area contributed by atoms with E-state index >= 15 is 0 Å². The summed E-state index contributed by atoms with van der Waals surface area (Å²) in [6, 6.07) is 11.9. The van der Waals surface area contributed by atoms with Gasteiger partial charge in [-0.05, 0) is 29.8 Å². The number of phenolic OH excluding ortho intramolecular Hbond substituents is 1. The maximum absolute atomic E-state index is 11.7. The number of hydrogen-bond acceptors (Lipinski definition) is 5. The second-order valence-electron chi connectivity index (χ2n) is 4.28. The van der Waals surface area contributed by atoms with E-state index < -0.39 is 4.92 Å². The standard InChI is InChI=1S/C14H13N3O4/c18-13-7-3-11(4-8-13)14(19)16-15-9-10-1-5-12(6-2-10)17(20)21/h1-8,15,18H,9H2,(H,16,19). The third-order valence-electron chi connectivity index (χ3n) is 2.77. The Morgan fingerprint density at radius 2 is 1.71 bits per heavy atom. The highest BCUT2D eigenvalue weighted by Crippen LogP contribution is 2.11. The Hall–Kier alpha value is -2.93. The van der Waals surface area contributed by atoms with Gasteiger partial charge in [0, 0.05) is 24.2 Å². The summed E-state index contributed by atoms with van der Waals surface area (Å²) in [5, 5.41) is 19.6. The summed E-state index contributed by atoms with van der Waals surface area (Å²) in [5.41, 5.74) is 6.46. The maximum atomic E-state index is 11.7. The molecule has 0 aliphatic carbocycles. The van der Waals surface area contributed by atoms with Gasteiger partial charge in [0.05, 0.1) is 4.92 Å². The number of rotatable bonds is 5. The third-order valence-corrected chi connectivity index (χ3v) is 2.77. The highest BCUT2D eigenvalue weighted by atomic mass is 16.6. The molecule has 2 rings (SSSR count). The minimum atomic E-state index is -0.468.